The number of carbonyl (C=O) groups excluding carboxylic acids is 3. The van der Waals surface area contributed by atoms with Crippen LogP contribution < -0.4 is 20.7 Å². The van der Waals surface area contributed by atoms with Crippen molar-refractivity contribution in [3.8, 4) is 0 Å². The average Bonchev–Trinajstić information content (AvgIpc) is 2.75. The number of benzene rings is 2. The second-order valence-electron chi connectivity index (χ2n) is 7.99. The van der Waals surface area contributed by atoms with E-state index in [1.54, 1.807) is 12.1 Å². The molecule has 4 rings (SSSR count). The van der Waals surface area contributed by atoms with Crippen molar-refractivity contribution in [3.63, 3.8) is 0 Å². The second kappa shape index (κ2) is 8.41. The van der Waals surface area contributed by atoms with Crippen molar-refractivity contribution >= 4 is 34.8 Å². The van der Waals surface area contributed by atoms with Crippen molar-refractivity contribution in [1.82, 2.24) is 5.43 Å². The molecule has 1 aliphatic heterocycles. The van der Waals surface area contributed by atoms with Crippen molar-refractivity contribution in [2.45, 2.75) is 12.8 Å². The maximum absolute atomic E-state index is 14.2. The third-order valence-corrected chi connectivity index (χ3v) is 5.62. The van der Waals surface area contributed by atoms with Crippen molar-refractivity contribution in [2.75, 3.05) is 29.3 Å². The number of hydrazine groups is 1. The minimum atomic E-state index is -0.809. The van der Waals surface area contributed by atoms with E-state index in [0.717, 1.165) is 17.1 Å². The highest BCUT2D eigenvalue weighted by Crippen LogP contribution is 2.32. The van der Waals surface area contributed by atoms with Crippen molar-refractivity contribution in [3.05, 3.63) is 65.7 Å². The van der Waals surface area contributed by atoms with Crippen LogP contribution in [0, 0.1) is 23.5 Å². The molecule has 0 spiro atoms. The van der Waals surface area contributed by atoms with E-state index >= 15 is 0 Å². The predicted octanol–water partition coefficient (Wildman–Crippen LogP) is 3.24. The van der Waals surface area contributed by atoms with Crippen LogP contribution in [0.5, 0.6) is 0 Å². The topological polar surface area (TPSA) is 81.8 Å². The number of amides is 3. The number of nitrogens with one attached hydrogen (secondary N) is 2. The van der Waals surface area contributed by atoms with Gasteiger partial charge in [-0.15, -0.1) is 0 Å². The summed E-state index contributed by atoms with van der Waals surface area (Å²) in [7, 11) is 3.02. The second-order valence-corrected chi connectivity index (χ2v) is 7.99. The maximum atomic E-state index is 14.2. The quantitative estimate of drug-likeness (QED) is 0.716. The molecule has 9 heteroatoms. The highest BCUT2D eigenvalue weighted by atomic mass is 19.1. The van der Waals surface area contributed by atoms with E-state index in [9.17, 15) is 23.2 Å². The van der Waals surface area contributed by atoms with Gasteiger partial charge in [0.1, 0.15) is 5.69 Å². The molecule has 0 aromatic heterocycles. The molecule has 1 fully saturated rings. The van der Waals surface area contributed by atoms with Crippen LogP contribution in [0.15, 0.2) is 48.6 Å². The molecule has 2 atom stereocenters. The highest BCUT2D eigenvalue weighted by Gasteiger charge is 2.42. The van der Waals surface area contributed by atoms with Crippen LogP contribution in [0.2, 0.25) is 0 Å². The first-order chi connectivity index (χ1) is 15.3. The summed E-state index contributed by atoms with van der Waals surface area (Å²) in [6.45, 7) is 0. The Hall–Kier alpha value is -3.75. The van der Waals surface area contributed by atoms with Gasteiger partial charge in [0.2, 0.25) is 11.8 Å². The van der Waals surface area contributed by atoms with Crippen LogP contribution in [-0.2, 0) is 9.59 Å². The molecule has 2 N–H and O–H groups in total. The summed E-state index contributed by atoms with van der Waals surface area (Å²) in [5.74, 6) is -3.58. The summed E-state index contributed by atoms with van der Waals surface area (Å²) < 4.78 is 28.4. The number of anilines is 3. The summed E-state index contributed by atoms with van der Waals surface area (Å²) in [6, 6.07) is 8.16. The van der Waals surface area contributed by atoms with Gasteiger partial charge >= 0.3 is 0 Å². The molecule has 1 saturated heterocycles. The fraction of sp³-hybridized carbons (Fsp3) is 0.261. The number of hydrogen-bond donors (Lipinski definition) is 2. The van der Waals surface area contributed by atoms with Crippen LogP contribution >= 0.6 is 0 Å². The molecule has 0 radical (unpaired) electrons. The zero-order valence-electron chi connectivity index (χ0n) is 17.6. The summed E-state index contributed by atoms with van der Waals surface area (Å²) >= 11 is 0. The molecule has 166 valence electrons. The summed E-state index contributed by atoms with van der Waals surface area (Å²) in [6.07, 6.45) is 4.77. The molecule has 0 saturated carbocycles. The normalized spacial score (nSPS) is 19.9. The van der Waals surface area contributed by atoms with Crippen LogP contribution in [0.3, 0.4) is 0 Å². The summed E-state index contributed by atoms with van der Waals surface area (Å²) in [5.41, 5.74) is 2.84. The van der Waals surface area contributed by atoms with Gasteiger partial charge in [0.15, 0.2) is 11.6 Å². The van der Waals surface area contributed by atoms with Gasteiger partial charge in [-0.1, -0.05) is 18.2 Å². The largest absolute Gasteiger partial charge is 0.373 e. The molecule has 2 unspecified atom stereocenters. The first kappa shape index (κ1) is 21.5. The van der Waals surface area contributed by atoms with Gasteiger partial charge in [0, 0.05) is 25.3 Å². The highest BCUT2D eigenvalue weighted by molar-refractivity contribution is 6.07. The molecule has 0 bridgehead atoms. The SMILES string of the molecule is CN(C)c1c(F)cc(NC(=O)c2cccc(N3NC(=O)C4CC=CCC4C3=O)c2)cc1F. The van der Waals surface area contributed by atoms with Gasteiger partial charge in [0.05, 0.1) is 17.5 Å². The molecule has 1 aliphatic carbocycles. The maximum Gasteiger partial charge on any atom is 0.255 e. The summed E-state index contributed by atoms with van der Waals surface area (Å²) in [4.78, 5) is 39.4. The predicted molar refractivity (Wildman–Crippen MR) is 116 cm³/mol. The van der Waals surface area contributed by atoms with Crippen LogP contribution in [0.4, 0.5) is 25.8 Å². The van der Waals surface area contributed by atoms with E-state index in [1.165, 1.54) is 31.1 Å². The van der Waals surface area contributed by atoms with E-state index < -0.39 is 29.4 Å². The Morgan fingerprint density at radius 2 is 1.72 bits per heavy atom. The molecular weight excluding hydrogens is 418 g/mol. The molecule has 3 amide bonds. The molecule has 2 aromatic carbocycles. The number of halogens is 2. The average molecular weight is 440 g/mol. The van der Waals surface area contributed by atoms with Gasteiger partial charge in [-0.3, -0.25) is 19.8 Å². The standard InChI is InChI=1S/C23H22F2N4O3/c1-28(2)20-18(24)11-14(12-19(20)25)26-21(30)13-6-5-7-15(10-13)29-23(32)17-9-4-3-8-16(17)22(31)27-29/h3-7,10-12,16-17H,8-9H2,1-2H3,(H,26,30)(H,27,31). The smallest absolute Gasteiger partial charge is 0.255 e. The van der Waals surface area contributed by atoms with Gasteiger partial charge in [-0.2, -0.15) is 0 Å². The minimum absolute atomic E-state index is 0.0415. The molecule has 2 aliphatic rings. The third kappa shape index (κ3) is 3.93. The molecule has 1 heterocycles. The van der Waals surface area contributed by atoms with E-state index in [2.05, 4.69) is 10.7 Å². The third-order valence-electron chi connectivity index (χ3n) is 5.62. The lowest BCUT2D eigenvalue weighted by molar-refractivity contribution is -0.139. The number of hydrogen-bond acceptors (Lipinski definition) is 4. The minimum Gasteiger partial charge on any atom is -0.373 e. The van der Waals surface area contributed by atoms with E-state index in [-0.39, 0.29) is 28.8 Å². The van der Waals surface area contributed by atoms with E-state index in [1.807, 2.05) is 12.2 Å². The molecular formula is C23H22F2N4O3. The van der Waals surface area contributed by atoms with Crippen molar-refractivity contribution in [1.29, 1.82) is 0 Å². The lowest BCUT2D eigenvalue weighted by Crippen LogP contribution is -2.59. The number of nitrogens with zero attached hydrogens (tertiary/aromatic N) is 2. The van der Waals surface area contributed by atoms with E-state index in [4.69, 9.17) is 0 Å². The Balaban J connectivity index is 1.56. The van der Waals surface area contributed by atoms with Crippen LogP contribution in [0.25, 0.3) is 0 Å². The molecule has 7 nitrogen and oxygen atoms in total. The van der Waals surface area contributed by atoms with Gasteiger partial charge in [-0.25, -0.2) is 13.8 Å². The monoisotopic (exact) mass is 440 g/mol. The lowest BCUT2D eigenvalue weighted by atomic mass is 9.80. The zero-order chi connectivity index (χ0) is 23.0. The van der Waals surface area contributed by atoms with E-state index in [0.29, 0.717) is 18.5 Å². The first-order valence-corrected chi connectivity index (χ1v) is 10.1. The Morgan fingerprint density at radius 1 is 1.06 bits per heavy atom. The van der Waals surface area contributed by atoms with Gasteiger partial charge < -0.3 is 10.2 Å². The fourth-order valence-corrected chi connectivity index (χ4v) is 4.04. The first-order valence-electron chi connectivity index (χ1n) is 10.1. The molecule has 32 heavy (non-hydrogen) atoms. The Bertz CT molecular complexity index is 1110. The van der Waals surface area contributed by atoms with Gasteiger partial charge in [-0.05, 0) is 43.2 Å². The van der Waals surface area contributed by atoms with Crippen LogP contribution in [0.1, 0.15) is 23.2 Å². The van der Waals surface area contributed by atoms with Crippen LogP contribution in [-0.4, -0.2) is 31.8 Å². The fourth-order valence-electron chi connectivity index (χ4n) is 4.04. The van der Waals surface area contributed by atoms with Gasteiger partial charge in [0.25, 0.3) is 5.91 Å². The number of allylic oxidation sites excluding steroid dienone is 2. The Labute approximate surface area is 183 Å². The molecule has 2 aromatic rings. The Morgan fingerprint density at radius 3 is 2.38 bits per heavy atom. The number of carbonyl (C=O) groups is 3. The Kier molecular flexibility index (Phi) is 5.65. The lowest BCUT2D eigenvalue weighted by Gasteiger charge is -2.38. The number of fused-ring (bicyclic) bond motifs is 1. The zero-order valence-corrected chi connectivity index (χ0v) is 17.6. The van der Waals surface area contributed by atoms with Crippen molar-refractivity contribution < 1.29 is 23.2 Å². The number of rotatable bonds is 4. The summed E-state index contributed by atoms with van der Waals surface area (Å²) in [5, 5.41) is 3.62. The van der Waals surface area contributed by atoms with Crippen molar-refractivity contribution in [2.24, 2.45) is 11.8 Å².